The van der Waals surface area contributed by atoms with Crippen molar-refractivity contribution in [3.05, 3.63) is 12.2 Å². The van der Waals surface area contributed by atoms with Crippen molar-refractivity contribution < 1.29 is 95.0 Å². The highest BCUT2D eigenvalue weighted by atomic mass is 16.6. The Labute approximate surface area is 419 Å². The summed E-state index contributed by atoms with van der Waals surface area (Å²) >= 11 is 0. The summed E-state index contributed by atoms with van der Waals surface area (Å²) in [5, 5.41) is 2.56. The van der Waals surface area contributed by atoms with Crippen LogP contribution >= 0.6 is 0 Å². The monoisotopic (exact) mass is 1020 g/mol. The zero-order valence-corrected chi connectivity index (χ0v) is 44.0. The minimum Gasteiger partial charge on any atom is -0.463 e. The van der Waals surface area contributed by atoms with Crippen molar-refractivity contribution in [2.45, 2.75) is 118 Å². The van der Waals surface area contributed by atoms with Crippen LogP contribution in [0, 0.1) is 0 Å². The van der Waals surface area contributed by atoms with Gasteiger partial charge in [0.25, 0.3) is 0 Å². The normalized spacial score (nSPS) is 11.4. The highest BCUT2D eigenvalue weighted by Crippen LogP contribution is 1.99. The van der Waals surface area contributed by atoms with Crippen molar-refractivity contribution in [3.8, 4) is 0 Å². The molecule has 0 aromatic rings. The second-order valence-electron chi connectivity index (χ2n) is 16.0. The van der Waals surface area contributed by atoms with Gasteiger partial charge in [0.15, 0.2) is 0 Å². The molecule has 21 heteroatoms. The molecule has 0 aliphatic heterocycles. The zero-order chi connectivity index (χ0) is 52.0. The molecule has 1 amide bonds. The van der Waals surface area contributed by atoms with E-state index in [4.69, 9.17) is 75.8 Å². The van der Waals surface area contributed by atoms with Crippen LogP contribution in [0.4, 0.5) is 4.79 Å². The molecule has 0 rings (SSSR count). The van der Waals surface area contributed by atoms with Crippen LogP contribution in [0.2, 0.25) is 0 Å². The highest BCUT2D eigenvalue weighted by Gasteiger charge is 2.06. The van der Waals surface area contributed by atoms with Gasteiger partial charge >= 0.3 is 24.0 Å². The molecule has 0 atom stereocenters. The van der Waals surface area contributed by atoms with E-state index in [0.29, 0.717) is 151 Å². The molecule has 0 bridgehead atoms. The van der Waals surface area contributed by atoms with Crippen molar-refractivity contribution in [2.24, 2.45) is 0 Å². The van der Waals surface area contributed by atoms with Crippen LogP contribution in [0.3, 0.4) is 0 Å². The summed E-state index contributed by atoms with van der Waals surface area (Å²) in [6.07, 6.45) is 6.12. The fourth-order valence-electron chi connectivity index (χ4n) is 4.82. The molecule has 0 aromatic heterocycles. The maximum atomic E-state index is 11.7. The fraction of sp³-hybridized carbons (Fsp3) is 0.878. The maximum Gasteiger partial charge on any atom is 0.407 e. The van der Waals surface area contributed by atoms with Crippen molar-refractivity contribution >= 4 is 24.0 Å². The van der Waals surface area contributed by atoms with E-state index >= 15 is 0 Å². The number of hydrogen-bond acceptors (Lipinski definition) is 20. The Morgan fingerprint density at radius 3 is 0.943 bits per heavy atom. The molecule has 0 aliphatic rings. The molecular weight excluding hydrogens is 923 g/mol. The zero-order valence-electron chi connectivity index (χ0n) is 44.0. The van der Waals surface area contributed by atoms with Crippen LogP contribution in [-0.4, -0.2) is 214 Å². The van der Waals surface area contributed by atoms with Gasteiger partial charge in [0.1, 0.15) is 26.4 Å². The van der Waals surface area contributed by atoms with E-state index in [9.17, 15) is 19.2 Å². The molecule has 0 aromatic carbocycles. The molecular formula is C49H93NO20. The summed E-state index contributed by atoms with van der Waals surface area (Å²) in [5.41, 5.74) is 0. The topological polar surface area (TPSA) is 228 Å². The smallest absolute Gasteiger partial charge is 0.407 e. The Bertz CT molecular complexity index is 1190. The minimum absolute atomic E-state index is 0.0454. The Morgan fingerprint density at radius 1 is 0.329 bits per heavy atom. The van der Waals surface area contributed by atoms with E-state index < -0.39 is 6.09 Å². The van der Waals surface area contributed by atoms with Gasteiger partial charge in [-0.25, -0.2) is 4.79 Å². The summed E-state index contributed by atoms with van der Waals surface area (Å²) < 4.78 is 84.6. The third-order valence-corrected chi connectivity index (χ3v) is 8.16. The minimum atomic E-state index is -0.584. The van der Waals surface area contributed by atoms with Crippen LogP contribution in [-0.2, 0) is 90.2 Å². The summed E-state index contributed by atoms with van der Waals surface area (Å²) in [6, 6.07) is 0. The fourth-order valence-corrected chi connectivity index (χ4v) is 4.82. The Kier molecular flexibility index (Phi) is 54.5. The van der Waals surface area contributed by atoms with Gasteiger partial charge in [0.05, 0.1) is 137 Å². The second kappa shape index (κ2) is 55.3. The molecule has 1 N–H and O–H groups in total. The van der Waals surface area contributed by atoms with Crippen LogP contribution < -0.4 is 5.32 Å². The third kappa shape index (κ3) is 63.0. The van der Waals surface area contributed by atoms with Crippen LogP contribution in [0.25, 0.3) is 0 Å². The van der Waals surface area contributed by atoms with E-state index in [1.165, 1.54) is 0 Å². The molecule has 0 saturated heterocycles. The molecule has 0 unspecified atom stereocenters. The van der Waals surface area contributed by atoms with Crippen LogP contribution in [0.15, 0.2) is 12.2 Å². The van der Waals surface area contributed by atoms with Gasteiger partial charge in [0, 0.05) is 45.6 Å². The Morgan fingerprint density at radius 2 is 0.600 bits per heavy atom. The molecule has 0 spiro atoms. The van der Waals surface area contributed by atoms with Crippen molar-refractivity contribution in [1.82, 2.24) is 5.32 Å². The number of carbonyl (C=O) groups is 4. The predicted octanol–water partition coefficient (Wildman–Crippen LogP) is 5.06. The lowest BCUT2D eigenvalue weighted by atomic mass is 10.3. The highest BCUT2D eigenvalue weighted by molar-refractivity contribution is 5.70. The first kappa shape index (κ1) is 69.0. The predicted molar refractivity (Wildman–Crippen MR) is 260 cm³/mol. The van der Waals surface area contributed by atoms with Gasteiger partial charge in [-0.2, -0.15) is 0 Å². The van der Waals surface area contributed by atoms with Crippen molar-refractivity contribution in [2.75, 3.05) is 165 Å². The van der Waals surface area contributed by atoms with E-state index in [-0.39, 0.29) is 94.9 Å². The summed E-state index contributed by atoms with van der Waals surface area (Å²) in [4.78, 5) is 46.5. The quantitative estimate of drug-likeness (QED) is 0.0364. The first-order chi connectivity index (χ1) is 33.8. The molecule has 0 aliphatic carbocycles. The van der Waals surface area contributed by atoms with Gasteiger partial charge in [-0.05, 0) is 86.8 Å². The average Bonchev–Trinajstić information content (AvgIpc) is 3.31. The molecule has 70 heavy (non-hydrogen) atoms. The van der Waals surface area contributed by atoms with E-state index in [2.05, 4.69) is 5.32 Å². The number of esters is 3. The number of ether oxygens (including phenoxy) is 16. The number of carbonyl (C=O) groups excluding carboxylic acids is 4. The average molecular weight is 1020 g/mol. The largest absolute Gasteiger partial charge is 0.463 e. The number of rotatable bonds is 50. The Hall–Kier alpha value is -3.06. The van der Waals surface area contributed by atoms with Crippen molar-refractivity contribution in [1.29, 1.82) is 0 Å². The van der Waals surface area contributed by atoms with Gasteiger partial charge in [-0.3, -0.25) is 14.4 Å². The van der Waals surface area contributed by atoms with E-state index in [0.717, 1.165) is 0 Å². The van der Waals surface area contributed by atoms with Crippen LogP contribution in [0.1, 0.15) is 93.9 Å². The first-order valence-electron chi connectivity index (χ1n) is 24.9. The summed E-state index contributed by atoms with van der Waals surface area (Å²) in [5.74, 6) is -0.842. The first-order valence-corrected chi connectivity index (χ1v) is 24.9. The maximum absolute atomic E-state index is 11.7. The van der Waals surface area contributed by atoms with Crippen LogP contribution in [0.5, 0.6) is 0 Å². The van der Waals surface area contributed by atoms with Gasteiger partial charge in [-0.15, -0.1) is 0 Å². The lowest BCUT2D eigenvalue weighted by molar-refractivity contribution is -0.146. The number of nitrogens with one attached hydrogen (secondary N) is 1. The molecule has 0 radical (unpaired) electrons. The molecule has 0 heterocycles. The molecule has 21 nitrogen and oxygen atoms in total. The number of amides is 1. The molecule has 0 fully saturated rings. The van der Waals surface area contributed by atoms with Gasteiger partial charge in [0.2, 0.25) is 0 Å². The van der Waals surface area contributed by atoms with Crippen molar-refractivity contribution in [3.63, 3.8) is 0 Å². The lowest BCUT2D eigenvalue weighted by Gasteiger charge is -2.09. The van der Waals surface area contributed by atoms with E-state index in [1.807, 2.05) is 55.4 Å². The molecule has 414 valence electrons. The summed E-state index contributed by atoms with van der Waals surface area (Å²) in [6.45, 7) is 26.1. The second-order valence-corrected chi connectivity index (χ2v) is 16.0. The number of alkyl carbamates (subject to hydrolysis) is 1. The van der Waals surface area contributed by atoms with Gasteiger partial charge in [-0.1, -0.05) is 0 Å². The third-order valence-electron chi connectivity index (χ3n) is 8.16. The molecule has 0 saturated carbocycles. The number of hydrogen-bond donors (Lipinski definition) is 1. The van der Waals surface area contributed by atoms with E-state index in [1.54, 1.807) is 12.2 Å². The SMILES string of the molecule is CC(C)OCCOCCCC(=O)OCCOCCOCCNC(=O)OC/C=C/COC(=O)CCCOCCOCCOC(C)C.CC(C)OCCOCCCC(=O)OCCOCCOCCOC(C)C. The lowest BCUT2D eigenvalue weighted by Crippen LogP contribution is -2.28. The van der Waals surface area contributed by atoms with Gasteiger partial charge < -0.3 is 81.1 Å². The Balaban J connectivity index is 0. The standard InChI is InChI=1S/C31H57NO13.C18H36O7/c1-27(2)41-24-21-37-13-8-10-30(34)44-26-23-40-20-18-38-16-11-32-31(35)45-15-6-5-14-43-29(33)9-7-12-36-17-19-39-22-25-42-28(3)4;1-16(2)23-13-10-20-7-5-6-18(19)25-15-12-22-9-8-21-11-14-24-17(3)4/h5-6,27-28H,7-26H2,1-4H3,(H,32,35);16-17H,5-15H2,1-4H3/b6-5+;. The summed E-state index contributed by atoms with van der Waals surface area (Å²) in [7, 11) is 0.